The molecule has 8 heteroatoms. The molecule has 308 valence electrons. The molecule has 5 aromatic rings. The molecule has 10 heterocycles. The second kappa shape index (κ2) is 16.5. The molecule has 62 heavy (non-hydrogen) atoms. The number of amides is 4. The van der Waals surface area contributed by atoms with E-state index < -0.39 is 0 Å². The van der Waals surface area contributed by atoms with Gasteiger partial charge in [0.2, 0.25) is 0 Å². The Balaban J connectivity index is 1.18. The summed E-state index contributed by atoms with van der Waals surface area (Å²) in [7, 11) is 0. The summed E-state index contributed by atoms with van der Waals surface area (Å²) in [6.45, 7) is 15.8. The van der Waals surface area contributed by atoms with Crippen LogP contribution in [0.15, 0.2) is 131 Å². The Hall–Kier alpha value is -7.50. The maximum absolute atomic E-state index is 14.1. The van der Waals surface area contributed by atoms with E-state index in [4.69, 9.17) is 0 Å². The van der Waals surface area contributed by atoms with E-state index in [0.29, 0.717) is 46.5 Å². The van der Waals surface area contributed by atoms with E-state index >= 15 is 0 Å². The number of nitrogens with one attached hydrogen (secondary N) is 4. The number of fused-ring (bicyclic) bond motifs is 1. The predicted molar refractivity (Wildman–Crippen MR) is 248 cm³/mol. The lowest BCUT2D eigenvalue weighted by atomic mass is 9.95. The fourth-order valence-electron chi connectivity index (χ4n) is 8.82. The molecule has 0 saturated heterocycles. The van der Waals surface area contributed by atoms with Gasteiger partial charge in [0.05, 0.1) is 5.57 Å². The molecule has 17 rings (SSSR count). The Labute approximate surface area is 362 Å². The standard InChI is InChI=1S/C54H48N4O4/c1-29-15-37-16-30(2)47(29)55-51(59)43-13-10-14-44(27-43)52(60)56-48-31(3)17-38(18-32(48)4)24-40-21-35(7)50(36(8)22-40)58-54(62)46-26-42-12-9-11-41(42)25-45(28-46)53(61)57-49-33(5)19-39(23-37)20-34(49)6/h10-22,25,27-28H,23-24H2,1-8H3,(H,55,59)(H,56,60)(H,57,61)(H,58,62). The predicted octanol–water partition coefficient (Wildman–Crippen LogP) is 10.8. The van der Waals surface area contributed by atoms with Crippen molar-refractivity contribution in [3.8, 4) is 0 Å². The van der Waals surface area contributed by atoms with Crippen LogP contribution in [0.4, 0.5) is 22.7 Å². The summed E-state index contributed by atoms with van der Waals surface area (Å²) in [4.78, 5) is 55.5. The Kier molecular flexibility index (Phi) is 11.0. The van der Waals surface area contributed by atoms with Gasteiger partial charge in [-0.2, -0.15) is 0 Å². The fourth-order valence-corrected chi connectivity index (χ4v) is 8.82. The number of anilines is 4. The highest BCUT2D eigenvalue weighted by atomic mass is 16.2. The number of benzene rings is 5. The molecule has 4 amide bonds. The quantitative estimate of drug-likeness (QED) is 0.116. The number of rotatable bonds is 0. The van der Waals surface area contributed by atoms with Crippen molar-refractivity contribution in [2.24, 2.45) is 0 Å². The van der Waals surface area contributed by atoms with Gasteiger partial charge in [0.1, 0.15) is 0 Å². The minimum Gasteiger partial charge on any atom is -0.322 e. The number of hydrogen-bond acceptors (Lipinski definition) is 4. The van der Waals surface area contributed by atoms with Crippen molar-refractivity contribution in [3.63, 3.8) is 0 Å². The molecule has 0 spiro atoms. The Bertz CT molecular complexity index is 2940. The van der Waals surface area contributed by atoms with Crippen molar-refractivity contribution in [3.05, 3.63) is 209 Å². The normalized spacial score (nSPS) is 15.0. The molecule has 5 aromatic carbocycles. The number of hydrogen-bond donors (Lipinski definition) is 4. The molecule has 4 N–H and O–H groups in total. The summed E-state index contributed by atoms with van der Waals surface area (Å²) in [6, 6.07) is 23.3. The third-order valence-electron chi connectivity index (χ3n) is 11.7. The van der Waals surface area contributed by atoms with E-state index in [1.54, 1.807) is 48.6 Å². The first-order chi connectivity index (χ1) is 29.6. The zero-order chi connectivity index (χ0) is 44.0. The molecular weight excluding hydrogens is 769 g/mol. The van der Waals surface area contributed by atoms with Crippen LogP contribution >= 0.6 is 0 Å². The second-order valence-electron chi connectivity index (χ2n) is 16.8. The van der Waals surface area contributed by atoms with Crippen LogP contribution in [0.1, 0.15) is 87.5 Å². The van der Waals surface area contributed by atoms with Crippen LogP contribution in [0.2, 0.25) is 0 Å². The maximum Gasteiger partial charge on any atom is 0.263 e. The summed E-state index contributed by atoms with van der Waals surface area (Å²) in [5.41, 5.74) is 23.4. The molecule has 0 unspecified atom stereocenters. The van der Waals surface area contributed by atoms with Crippen LogP contribution < -0.4 is 21.3 Å². The van der Waals surface area contributed by atoms with E-state index in [0.717, 1.165) is 83.7 Å². The van der Waals surface area contributed by atoms with E-state index in [1.807, 2.05) is 55.4 Å². The van der Waals surface area contributed by atoms with E-state index in [2.05, 4.69) is 81.3 Å². The molecule has 12 bridgehead atoms. The molecule has 2 aliphatic carbocycles. The van der Waals surface area contributed by atoms with Crippen molar-refractivity contribution in [2.75, 3.05) is 21.3 Å². The van der Waals surface area contributed by atoms with Crippen LogP contribution in [0.5, 0.6) is 0 Å². The van der Waals surface area contributed by atoms with Gasteiger partial charge in [-0.05, 0) is 183 Å². The van der Waals surface area contributed by atoms with Gasteiger partial charge in [-0.25, -0.2) is 0 Å². The lowest BCUT2D eigenvalue weighted by molar-refractivity contribution is -0.112. The number of aryl methyl sites for hydroxylation is 8. The molecule has 8 nitrogen and oxygen atoms in total. The van der Waals surface area contributed by atoms with E-state index in [-0.39, 0.29) is 29.2 Å². The van der Waals surface area contributed by atoms with Gasteiger partial charge in [0, 0.05) is 45.0 Å². The molecule has 0 radical (unpaired) electrons. The minimum absolute atomic E-state index is 0.226. The number of carbonyl (C=O) groups excluding carboxylic acids is 4. The molecular formula is C54H48N4O4. The summed E-state index contributed by atoms with van der Waals surface area (Å²) in [5.74, 6) is -1.33. The van der Waals surface area contributed by atoms with E-state index in [1.165, 1.54) is 0 Å². The Morgan fingerprint density at radius 2 is 0.774 bits per heavy atom. The van der Waals surface area contributed by atoms with Gasteiger partial charge >= 0.3 is 0 Å². The molecule has 12 aliphatic rings. The minimum atomic E-state index is -0.379. The molecule has 0 saturated carbocycles. The number of allylic oxidation sites excluding steroid dienone is 2. The average Bonchev–Trinajstić information content (AvgIpc) is 3.56. The third kappa shape index (κ3) is 8.43. The molecule has 0 atom stereocenters. The summed E-state index contributed by atoms with van der Waals surface area (Å²) in [5, 5.41) is 12.4. The maximum atomic E-state index is 14.1. The fraction of sp³-hybridized carbons (Fsp3) is 0.185. The van der Waals surface area contributed by atoms with Crippen LogP contribution in [0.25, 0.3) is 0 Å². The SMILES string of the molecule is Cc1cc2cc(C)c1NC(=O)C1=C=C3C=C=CC3=CC(=C1)C(=O)Nc1c(C)cc(cc1C)Cc1cc(C)c(c(C)c1)NC(=O)c1cccc(c1)C(=O)Nc1c(C)cc(cc1C)C2. The zero-order valence-electron chi connectivity index (χ0n) is 36.3. The van der Waals surface area contributed by atoms with Gasteiger partial charge in [0.15, 0.2) is 0 Å². The van der Waals surface area contributed by atoms with Gasteiger partial charge in [-0.1, -0.05) is 60.3 Å². The van der Waals surface area contributed by atoms with Crippen LogP contribution in [-0.4, -0.2) is 23.6 Å². The highest BCUT2D eigenvalue weighted by Crippen LogP contribution is 2.32. The van der Waals surface area contributed by atoms with Gasteiger partial charge in [-0.3, -0.25) is 19.2 Å². The van der Waals surface area contributed by atoms with Crippen molar-refractivity contribution in [1.29, 1.82) is 0 Å². The summed E-state index contributed by atoms with van der Waals surface area (Å²) in [6.07, 6.45) is 8.18. The monoisotopic (exact) mass is 816 g/mol. The lowest BCUT2D eigenvalue weighted by Crippen LogP contribution is -2.18. The molecule has 0 aromatic heterocycles. The van der Waals surface area contributed by atoms with Crippen LogP contribution in [0.3, 0.4) is 0 Å². The first-order valence-corrected chi connectivity index (χ1v) is 20.7. The van der Waals surface area contributed by atoms with Gasteiger partial charge in [-0.15, -0.1) is 5.73 Å². The number of carbonyl (C=O) groups is 4. The Morgan fingerprint density at radius 3 is 1.18 bits per heavy atom. The average molecular weight is 817 g/mol. The first-order valence-electron chi connectivity index (χ1n) is 20.7. The smallest absolute Gasteiger partial charge is 0.263 e. The van der Waals surface area contributed by atoms with E-state index in [9.17, 15) is 19.2 Å². The molecule has 10 aliphatic heterocycles. The largest absolute Gasteiger partial charge is 0.322 e. The lowest BCUT2D eigenvalue weighted by Gasteiger charge is -2.17. The van der Waals surface area contributed by atoms with Crippen molar-refractivity contribution in [1.82, 2.24) is 0 Å². The zero-order valence-corrected chi connectivity index (χ0v) is 36.3. The summed E-state index contributed by atoms with van der Waals surface area (Å²) >= 11 is 0. The van der Waals surface area contributed by atoms with Gasteiger partial charge in [0.25, 0.3) is 23.6 Å². The first kappa shape index (κ1) is 41.2. The second-order valence-corrected chi connectivity index (χ2v) is 16.8. The highest BCUT2D eigenvalue weighted by Gasteiger charge is 2.22. The topological polar surface area (TPSA) is 116 Å². The van der Waals surface area contributed by atoms with Crippen molar-refractivity contribution in [2.45, 2.75) is 68.2 Å². The van der Waals surface area contributed by atoms with Crippen LogP contribution in [-0.2, 0) is 22.4 Å². The third-order valence-corrected chi connectivity index (χ3v) is 11.7. The van der Waals surface area contributed by atoms with Crippen molar-refractivity contribution < 1.29 is 19.2 Å². The Morgan fingerprint density at radius 1 is 0.403 bits per heavy atom. The summed E-state index contributed by atoms with van der Waals surface area (Å²) < 4.78 is 0. The highest BCUT2D eigenvalue weighted by molar-refractivity contribution is 6.12. The van der Waals surface area contributed by atoms with Gasteiger partial charge < -0.3 is 21.3 Å². The molecule has 0 fully saturated rings. The van der Waals surface area contributed by atoms with Crippen molar-refractivity contribution >= 4 is 46.4 Å². The van der Waals surface area contributed by atoms with Crippen LogP contribution in [0, 0.1) is 55.4 Å².